The quantitative estimate of drug-likeness (QED) is 0.533. The van der Waals surface area contributed by atoms with E-state index in [4.69, 9.17) is 0 Å². The summed E-state index contributed by atoms with van der Waals surface area (Å²) >= 11 is 1.02. The van der Waals surface area contributed by atoms with Gasteiger partial charge in [0.1, 0.15) is 0 Å². The molecule has 0 aromatic carbocycles. The van der Waals surface area contributed by atoms with E-state index in [9.17, 15) is 4.79 Å². The molecule has 0 spiro atoms. The molecule has 0 aliphatic carbocycles. The van der Waals surface area contributed by atoms with Gasteiger partial charge < -0.3 is 4.74 Å². The maximum atomic E-state index is 10.6. The van der Waals surface area contributed by atoms with E-state index in [1.54, 1.807) is 0 Å². The van der Waals surface area contributed by atoms with Gasteiger partial charge in [0.25, 0.3) is 0 Å². The Hall–Kier alpha value is -0.970. The van der Waals surface area contributed by atoms with Crippen molar-refractivity contribution in [2.24, 2.45) is 0 Å². The van der Waals surface area contributed by atoms with Crippen molar-refractivity contribution in [1.29, 1.82) is 0 Å². The van der Waals surface area contributed by atoms with Crippen molar-refractivity contribution in [3.05, 3.63) is 11.1 Å². The topological polar surface area (TPSA) is 52.1 Å². The van der Waals surface area contributed by atoms with Gasteiger partial charge in [-0.05, 0) is 11.5 Å². The highest BCUT2D eigenvalue weighted by atomic mass is 32.1. The normalized spacial score (nSPS) is 9.00. The number of methoxy groups -OCH3 is 1. The highest BCUT2D eigenvalue weighted by Gasteiger charge is 2.05. The first-order valence-corrected chi connectivity index (χ1v) is 2.97. The fraction of sp³-hybridized carbons (Fsp3) is 0.250. The molecule has 0 amide bonds. The summed E-state index contributed by atoms with van der Waals surface area (Å²) in [5, 5.41) is 3.46. The molecule has 4 nitrogen and oxygen atoms in total. The summed E-state index contributed by atoms with van der Waals surface area (Å²) in [4.78, 5) is 11.0. The number of esters is 1. The number of hydrogen-bond donors (Lipinski definition) is 0. The van der Waals surface area contributed by atoms with E-state index in [0.717, 1.165) is 11.5 Å². The second-order valence-corrected chi connectivity index (χ2v) is 2.06. The third-order valence-corrected chi connectivity index (χ3v) is 1.39. The molecule has 0 aliphatic rings. The Morgan fingerprint density at radius 1 is 1.89 bits per heavy atom. The molecule has 48 valence electrons. The first-order chi connectivity index (χ1) is 4.34. The zero-order chi connectivity index (χ0) is 6.69. The van der Waals surface area contributed by atoms with Crippen LogP contribution in [0.5, 0.6) is 0 Å². The van der Waals surface area contributed by atoms with Gasteiger partial charge in [-0.25, -0.2) is 4.79 Å². The highest BCUT2D eigenvalue weighted by molar-refractivity contribution is 7.07. The van der Waals surface area contributed by atoms with E-state index < -0.39 is 0 Å². The minimum Gasteiger partial charge on any atom is -0.465 e. The first kappa shape index (κ1) is 6.15. The minimum absolute atomic E-state index is 0.384. The van der Waals surface area contributed by atoms with Crippen LogP contribution in [0.4, 0.5) is 0 Å². The Bertz CT molecular complexity index is 196. The van der Waals surface area contributed by atoms with Gasteiger partial charge in [0.15, 0.2) is 4.88 Å². The predicted molar refractivity (Wildman–Crippen MR) is 31.2 cm³/mol. The summed E-state index contributed by atoms with van der Waals surface area (Å²) in [6, 6.07) is 0. The van der Waals surface area contributed by atoms with Crippen LogP contribution in [0.15, 0.2) is 6.20 Å². The van der Waals surface area contributed by atoms with Gasteiger partial charge in [-0.3, -0.25) is 0 Å². The zero-order valence-corrected chi connectivity index (χ0v) is 5.51. The van der Waals surface area contributed by atoms with Crippen LogP contribution in [0, 0.1) is 0 Å². The maximum absolute atomic E-state index is 10.6. The molecule has 1 heterocycles. The molecule has 9 heavy (non-hydrogen) atoms. The summed E-state index contributed by atoms with van der Waals surface area (Å²) in [6.45, 7) is 0. The molecule has 0 saturated heterocycles. The number of nitrogens with zero attached hydrogens (tertiary/aromatic N) is 2. The predicted octanol–water partition coefficient (Wildman–Crippen LogP) is 0.325. The maximum Gasteiger partial charge on any atom is 0.351 e. The van der Waals surface area contributed by atoms with Crippen molar-refractivity contribution in [2.75, 3.05) is 7.11 Å². The van der Waals surface area contributed by atoms with Crippen LogP contribution < -0.4 is 0 Å². The summed E-state index contributed by atoms with van der Waals surface area (Å²) in [6.07, 6.45) is 1.37. The molecule has 0 unspecified atom stereocenters. The third-order valence-electron chi connectivity index (χ3n) is 0.748. The fourth-order valence-corrected chi connectivity index (χ4v) is 0.792. The van der Waals surface area contributed by atoms with Crippen LogP contribution in [0.3, 0.4) is 0 Å². The van der Waals surface area contributed by atoms with Crippen molar-refractivity contribution in [3.8, 4) is 0 Å². The summed E-state index contributed by atoms with van der Waals surface area (Å²) in [5.41, 5.74) is 0. The standard InChI is InChI=1S/C4H4N2O2S/c1-8-4(7)3-2-5-6-9-3/h2H,1H3. The van der Waals surface area contributed by atoms with Gasteiger partial charge in [0.2, 0.25) is 0 Å². The lowest BCUT2D eigenvalue weighted by atomic mass is 10.6. The van der Waals surface area contributed by atoms with Crippen LogP contribution in [0.1, 0.15) is 9.67 Å². The molecule has 5 heteroatoms. The first-order valence-electron chi connectivity index (χ1n) is 2.20. The van der Waals surface area contributed by atoms with Crippen molar-refractivity contribution in [3.63, 3.8) is 0 Å². The second-order valence-electron chi connectivity index (χ2n) is 1.27. The van der Waals surface area contributed by atoms with Gasteiger partial charge >= 0.3 is 5.97 Å². The molecular formula is C4H4N2O2S. The smallest absolute Gasteiger partial charge is 0.351 e. The van der Waals surface area contributed by atoms with Gasteiger partial charge in [-0.2, -0.15) is 0 Å². The van der Waals surface area contributed by atoms with Crippen molar-refractivity contribution >= 4 is 17.5 Å². The Balaban J connectivity index is 2.77. The summed E-state index contributed by atoms with van der Waals surface area (Å²) in [7, 11) is 1.32. The number of hydrogen-bond acceptors (Lipinski definition) is 5. The van der Waals surface area contributed by atoms with Gasteiger partial charge in [0, 0.05) is 0 Å². The molecule has 1 aromatic heterocycles. The lowest BCUT2D eigenvalue weighted by Gasteiger charge is -1.88. The second kappa shape index (κ2) is 2.54. The number of aromatic nitrogens is 2. The van der Waals surface area contributed by atoms with Gasteiger partial charge in [-0.1, -0.05) is 4.49 Å². The molecule has 0 saturated carbocycles. The molecule has 1 rings (SSSR count). The van der Waals surface area contributed by atoms with Crippen LogP contribution in [0.25, 0.3) is 0 Å². The number of ether oxygens (including phenoxy) is 1. The fourth-order valence-electron chi connectivity index (χ4n) is 0.358. The highest BCUT2D eigenvalue weighted by Crippen LogP contribution is 2.02. The van der Waals surface area contributed by atoms with Crippen molar-refractivity contribution in [1.82, 2.24) is 9.59 Å². The molecule has 0 radical (unpaired) electrons. The number of carbonyl (C=O) groups is 1. The lowest BCUT2D eigenvalue weighted by molar-refractivity contribution is 0.0606. The Kier molecular flexibility index (Phi) is 1.74. The van der Waals surface area contributed by atoms with Gasteiger partial charge in [0.05, 0.1) is 13.3 Å². The largest absolute Gasteiger partial charge is 0.465 e. The average molecular weight is 144 g/mol. The Morgan fingerprint density at radius 2 is 2.67 bits per heavy atom. The van der Waals surface area contributed by atoms with Crippen LogP contribution in [0.2, 0.25) is 0 Å². The lowest BCUT2D eigenvalue weighted by Crippen LogP contribution is -1.96. The molecular weight excluding hydrogens is 140 g/mol. The van der Waals surface area contributed by atoms with Crippen LogP contribution >= 0.6 is 11.5 Å². The number of rotatable bonds is 1. The molecule has 0 aliphatic heterocycles. The van der Waals surface area contributed by atoms with Gasteiger partial charge in [-0.15, -0.1) is 5.10 Å². The molecule has 0 bridgehead atoms. The molecule has 0 N–H and O–H groups in total. The van der Waals surface area contributed by atoms with E-state index in [-0.39, 0.29) is 5.97 Å². The van der Waals surface area contributed by atoms with E-state index in [1.165, 1.54) is 13.3 Å². The third kappa shape index (κ3) is 1.23. The molecule has 0 fully saturated rings. The number of carbonyl (C=O) groups excluding carboxylic acids is 1. The van der Waals surface area contributed by atoms with Crippen LogP contribution in [-0.2, 0) is 4.74 Å². The average Bonchev–Trinajstić information content (AvgIpc) is 2.37. The monoisotopic (exact) mass is 144 g/mol. The Labute approximate surface area is 55.6 Å². The van der Waals surface area contributed by atoms with Crippen LogP contribution in [-0.4, -0.2) is 22.7 Å². The molecule has 0 atom stereocenters. The summed E-state index contributed by atoms with van der Waals surface area (Å²) < 4.78 is 7.87. The van der Waals surface area contributed by atoms with Crippen molar-refractivity contribution < 1.29 is 9.53 Å². The van der Waals surface area contributed by atoms with E-state index in [0.29, 0.717) is 4.88 Å². The van der Waals surface area contributed by atoms with E-state index >= 15 is 0 Å². The molecule has 1 aromatic rings. The SMILES string of the molecule is COC(=O)c1cnns1. The Morgan fingerprint density at radius 3 is 3.11 bits per heavy atom. The minimum atomic E-state index is -0.384. The zero-order valence-electron chi connectivity index (χ0n) is 4.70. The summed E-state index contributed by atoms with van der Waals surface area (Å²) in [5.74, 6) is -0.384. The van der Waals surface area contributed by atoms with E-state index in [1.807, 2.05) is 0 Å². The van der Waals surface area contributed by atoms with Crippen molar-refractivity contribution in [2.45, 2.75) is 0 Å². The van der Waals surface area contributed by atoms with E-state index in [2.05, 4.69) is 14.3 Å².